The molecule has 0 aliphatic heterocycles. The summed E-state index contributed by atoms with van der Waals surface area (Å²) in [6.45, 7) is 0.159. The van der Waals surface area contributed by atoms with Gasteiger partial charge >= 0.3 is 0 Å². The van der Waals surface area contributed by atoms with Gasteiger partial charge in [0.25, 0.3) is 0 Å². The fourth-order valence-corrected chi connectivity index (χ4v) is 0.205. The van der Waals surface area contributed by atoms with Crippen molar-refractivity contribution in [2.45, 2.75) is 6.42 Å². The van der Waals surface area contributed by atoms with Gasteiger partial charge in [0.2, 0.25) is 5.91 Å². The van der Waals surface area contributed by atoms with Crippen LogP contribution in [0.5, 0.6) is 0 Å². The van der Waals surface area contributed by atoms with E-state index in [-0.39, 0.29) is 13.0 Å². The van der Waals surface area contributed by atoms with Gasteiger partial charge in [-0.25, -0.2) is 0 Å². The van der Waals surface area contributed by atoms with Crippen LogP contribution in [0.3, 0.4) is 0 Å². The van der Waals surface area contributed by atoms with Gasteiger partial charge in [0, 0.05) is 17.9 Å². The van der Waals surface area contributed by atoms with Gasteiger partial charge in [-0.15, -0.1) is 0 Å². The van der Waals surface area contributed by atoms with Gasteiger partial charge in [0.1, 0.15) is 0 Å². The van der Waals surface area contributed by atoms with Crippen molar-refractivity contribution >= 4 is 5.91 Å². The van der Waals surface area contributed by atoms with E-state index in [0.29, 0.717) is 0 Å². The predicted molar refractivity (Wildman–Crippen MR) is 27.8 cm³/mol. The van der Waals surface area contributed by atoms with E-state index >= 15 is 0 Å². The molecule has 0 saturated carbocycles. The number of primary amides is 1. The lowest BCUT2D eigenvalue weighted by molar-refractivity contribution is -0.117. The van der Waals surface area contributed by atoms with Crippen molar-refractivity contribution in [2.24, 2.45) is 10.8 Å². The molecule has 0 heterocycles. The summed E-state index contributed by atoms with van der Waals surface area (Å²) in [6, 6.07) is 0. The lowest BCUT2D eigenvalue weighted by Gasteiger charge is -1.82. The van der Waals surface area contributed by atoms with Crippen LogP contribution in [0.2, 0.25) is 0 Å². The van der Waals surface area contributed by atoms with Gasteiger partial charge < -0.3 is 5.73 Å². The van der Waals surface area contributed by atoms with E-state index in [1.54, 1.807) is 0 Å². The number of carbonyl (C=O) groups excluding carboxylic acids is 1. The summed E-state index contributed by atoms with van der Waals surface area (Å²) in [4.78, 5) is 12.3. The molecule has 0 fully saturated rings. The highest BCUT2D eigenvalue weighted by atomic mass is 16.1. The lowest BCUT2D eigenvalue weighted by Crippen LogP contribution is -2.10. The van der Waals surface area contributed by atoms with Crippen molar-refractivity contribution in [3.8, 4) is 0 Å². The molecule has 8 heavy (non-hydrogen) atoms. The smallest absolute Gasteiger partial charge is 0.217 e. The van der Waals surface area contributed by atoms with Crippen LogP contribution in [0.4, 0.5) is 0 Å². The average Bonchev–Trinajstić information content (AvgIpc) is 1.66. The van der Waals surface area contributed by atoms with Gasteiger partial charge in [-0.05, 0) is 5.53 Å². The fourth-order valence-electron chi connectivity index (χ4n) is 0.205. The first kappa shape index (κ1) is 6.78. The van der Waals surface area contributed by atoms with E-state index in [0.717, 1.165) is 0 Å². The summed E-state index contributed by atoms with van der Waals surface area (Å²) in [5.41, 5.74) is 12.4. The van der Waals surface area contributed by atoms with Crippen molar-refractivity contribution in [2.75, 3.05) is 6.54 Å². The lowest BCUT2D eigenvalue weighted by atomic mass is 10.4. The summed E-state index contributed by atoms with van der Waals surface area (Å²) in [5, 5.41) is 3.09. The largest absolute Gasteiger partial charge is 0.370 e. The number of hydrogen-bond donors (Lipinski definition) is 1. The molecular formula is C3H6N4O. The molecule has 5 heteroatoms. The second-order valence-electron chi connectivity index (χ2n) is 1.17. The molecule has 0 aromatic rings. The molecule has 0 aliphatic carbocycles. The Kier molecular flexibility index (Phi) is 3.35. The third-order valence-corrected chi connectivity index (χ3v) is 0.521. The quantitative estimate of drug-likeness (QED) is 0.316. The Labute approximate surface area is 46.1 Å². The molecule has 0 saturated heterocycles. The maximum atomic E-state index is 9.91. The van der Waals surface area contributed by atoms with Crippen LogP contribution in [-0.4, -0.2) is 12.5 Å². The number of nitrogens with two attached hydrogens (primary N) is 1. The third-order valence-electron chi connectivity index (χ3n) is 0.521. The molecule has 0 radical (unpaired) electrons. The summed E-state index contributed by atoms with van der Waals surface area (Å²) in [5.74, 6) is -0.447. The molecule has 0 bridgehead atoms. The van der Waals surface area contributed by atoms with Crippen molar-refractivity contribution in [3.63, 3.8) is 0 Å². The number of carbonyl (C=O) groups is 1. The van der Waals surface area contributed by atoms with Gasteiger partial charge in [-0.1, -0.05) is 5.11 Å². The van der Waals surface area contributed by atoms with E-state index in [4.69, 9.17) is 11.3 Å². The SMILES string of the molecule is [N-]=[N+]=NCCC(N)=O. The molecule has 0 spiro atoms. The summed E-state index contributed by atoms with van der Waals surface area (Å²) >= 11 is 0. The second-order valence-corrected chi connectivity index (χ2v) is 1.17. The Morgan fingerprint density at radius 2 is 2.50 bits per heavy atom. The molecule has 0 unspecified atom stereocenters. The number of rotatable bonds is 3. The van der Waals surface area contributed by atoms with E-state index in [2.05, 4.69) is 10.0 Å². The Morgan fingerprint density at radius 3 is 2.88 bits per heavy atom. The maximum Gasteiger partial charge on any atom is 0.217 e. The minimum atomic E-state index is -0.447. The van der Waals surface area contributed by atoms with Crippen LogP contribution in [-0.2, 0) is 4.79 Å². The molecule has 1 amide bonds. The van der Waals surface area contributed by atoms with Crippen LogP contribution in [0, 0.1) is 0 Å². The average molecular weight is 114 g/mol. The second kappa shape index (κ2) is 3.95. The van der Waals surface area contributed by atoms with Crippen molar-refractivity contribution in [1.29, 1.82) is 0 Å². The van der Waals surface area contributed by atoms with E-state index in [1.807, 2.05) is 0 Å². The first-order valence-electron chi connectivity index (χ1n) is 2.06. The van der Waals surface area contributed by atoms with Crippen molar-refractivity contribution < 1.29 is 4.79 Å². The maximum absolute atomic E-state index is 9.91. The highest BCUT2D eigenvalue weighted by molar-refractivity contribution is 5.73. The molecule has 0 atom stereocenters. The third kappa shape index (κ3) is 4.78. The number of nitrogens with zero attached hydrogens (tertiary/aromatic N) is 3. The number of hydrogen-bond acceptors (Lipinski definition) is 2. The number of azide groups is 1. The predicted octanol–water partition coefficient (Wildman–Crippen LogP) is 0.172. The van der Waals surface area contributed by atoms with Gasteiger partial charge in [-0.3, -0.25) is 4.79 Å². The Hall–Kier alpha value is -1.22. The fraction of sp³-hybridized carbons (Fsp3) is 0.667. The van der Waals surface area contributed by atoms with Crippen molar-refractivity contribution in [3.05, 3.63) is 10.4 Å². The molecule has 0 rings (SSSR count). The zero-order valence-corrected chi connectivity index (χ0v) is 4.24. The molecule has 0 aromatic carbocycles. The topological polar surface area (TPSA) is 91.8 Å². The molecule has 0 aliphatic rings. The number of amides is 1. The van der Waals surface area contributed by atoms with Crippen LogP contribution in [0.15, 0.2) is 5.11 Å². The van der Waals surface area contributed by atoms with Crippen LogP contribution in [0.1, 0.15) is 6.42 Å². The van der Waals surface area contributed by atoms with Gasteiger partial charge in [0.15, 0.2) is 0 Å². The molecule has 0 aromatic heterocycles. The van der Waals surface area contributed by atoms with Crippen LogP contribution in [0.25, 0.3) is 10.4 Å². The van der Waals surface area contributed by atoms with E-state index in [9.17, 15) is 4.79 Å². The minimum absolute atomic E-state index is 0.129. The Bertz CT molecular complexity index is 123. The first-order chi connectivity index (χ1) is 3.77. The first-order valence-corrected chi connectivity index (χ1v) is 2.06. The zero-order chi connectivity index (χ0) is 6.41. The highest BCUT2D eigenvalue weighted by Gasteiger charge is 1.87. The van der Waals surface area contributed by atoms with Gasteiger partial charge in [0.05, 0.1) is 0 Å². The van der Waals surface area contributed by atoms with Gasteiger partial charge in [-0.2, -0.15) is 0 Å². The molecular weight excluding hydrogens is 108 g/mol. The standard InChI is InChI=1S/C3H6N4O/c4-3(8)1-2-6-7-5/h1-2H2,(H2,4,8). The van der Waals surface area contributed by atoms with Crippen LogP contribution < -0.4 is 5.73 Å². The zero-order valence-electron chi connectivity index (χ0n) is 4.24. The van der Waals surface area contributed by atoms with Crippen molar-refractivity contribution in [1.82, 2.24) is 0 Å². The van der Waals surface area contributed by atoms with E-state index in [1.165, 1.54) is 0 Å². The molecule has 5 nitrogen and oxygen atoms in total. The Balaban J connectivity index is 3.18. The van der Waals surface area contributed by atoms with E-state index < -0.39 is 5.91 Å². The molecule has 2 N–H and O–H groups in total. The minimum Gasteiger partial charge on any atom is -0.370 e. The summed E-state index contributed by atoms with van der Waals surface area (Å²) in [7, 11) is 0. The highest BCUT2D eigenvalue weighted by Crippen LogP contribution is 1.77. The summed E-state index contributed by atoms with van der Waals surface area (Å²) < 4.78 is 0. The Morgan fingerprint density at radius 1 is 1.88 bits per heavy atom. The summed E-state index contributed by atoms with van der Waals surface area (Å²) in [6.07, 6.45) is 0.129. The normalized spacial score (nSPS) is 7.50. The monoisotopic (exact) mass is 114 g/mol. The van der Waals surface area contributed by atoms with Crippen LogP contribution >= 0.6 is 0 Å². The molecule has 44 valence electrons.